The van der Waals surface area contributed by atoms with Crippen LogP contribution in [0.15, 0.2) is 30.5 Å². The van der Waals surface area contributed by atoms with Gasteiger partial charge in [-0.1, -0.05) is 13.8 Å². The average molecular weight is 463 g/mol. The number of amides is 1. The van der Waals surface area contributed by atoms with Gasteiger partial charge in [-0.2, -0.15) is 5.10 Å². The van der Waals surface area contributed by atoms with Gasteiger partial charge in [0.25, 0.3) is 0 Å². The Morgan fingerprint density at radius 3 is 2.65 bits per heavy atom. The summed E-state index contributed by atoms with van der Waals surface area (Å²) in [4.78, 5) is 18.3. The van der Waals surface area contributed by atoms with Crippen LogP contribution in [0.4, 0.5) is 0 Å². The first-order valence-corrected chi connectivity index (χ1v) is 9.48. The van der Waals surface area contributed by atoms with Gasteiger partial charge in [0.15, 0.2) is 5.65 Å². The first kappa shape index (κ1) is 18.8. The van der Waals surface area contributed by atoms with E-state index < -0.39 is 5.91 Å². The molecule has 136 valence electrons. The van der Waals surface area contributed by atoms with Crippen LogP contribution in [-0.2, 0) is 6.54 Å². The summed E-state index contributed by atoms with van der Waals surface area (Å²) in [5.74, 6) is -0.156. The predicted octanol–water partition coefficient (Wildman–Crippen LogP) is 3.31. The van der Waals surface area contributed by atoms with E-state index in [1.165, 1.54) is 0 Å². The first-order chi connectivity index (χ1) is 12.3. The van der Waals surface area contributed by atoms with Crippen molar-refractivity contribution in [3.63, 3.8) is 0 Å². The van der Waals surface area contributed by atoms with Crippen molar-refractivity contribution in [2.75, 3.05) is 14.1 Å². The molecule has 0 aliphatic heterocycles. The number of carbonyl (C=O) groups excluding carboxylic acids is 1. The molecule has 0 saturated carbocycles. The maximum Gasteiger partial charge on any atom is 0.248 e. The number of nitrogens with two attached hydrogens (primary N) is 1. The highest BCUT2D eigenvalue weighted by Gasteiger charge is 2.20. The third kappa shape index (κ3) is 3.45. The van der Waals surface area contributed by atoms with E-state index in [1.54, 1.807) is 12.3 Å². The maximum absolute atomic E-state index is 11.6. The second kappa shape index (κ2) is 7.32. The summed E-state index contributed by atoms with van der Waals surface area (Å²) in [7, 11) is 3.98. The van der Waals surface area contributed by atoms with Crippen LogP contribution in [-0.4, -0.2) is 39.7 Å². The number of primary amides is 1. The number of halogens is 1. The molecule has 26 heavy (non-hydrogen) atoms. The minimum Gasteiger partial charge on any atom is -0.366 e. The van der Waals surface area contributed by atoms with Gasteiger partial charge in [0, 0.05) is 21.9 Å². The second-order valence-corrected chi connectivity index (χ2v) is 8.05. The summed E-state index contributed by atoms with van der Waals surface area (Å²) in [6.45, 7) is 4.93. The molecule has 7 heteroatoms. The Balaban J connectivity index is 2.30. The zero-order chi connectivity index (χ0) is 19.0. The summed E-state index contributed by atoms with van der Waals surface area (Å²) in [6.07, 6.45) is 1.80. The molecule has 0 radical (unpaired) electrons. The van der Waals surface area contributed by atoms with Gasteiger partial charge in [0.2, 0.25) is 5.91 Å². The normalized spacial score (nSPS) is 11.7. The van der Waals surface area contributed by atoms with Gasteiger partial charge < -0.3 is 10.6 Å². The fraction of sp³-hybridized carbons (Fsp3) is 0.316. The molecule has 1 amide bonds. The van der Waals surface area contributed by atoms with Crippen molar-refractivity contribution in [1.29, 1.82) is 0 Å². The highest BCUT2D eigenvalue weighted by Crippen LogP contribution is 2.30. The van der Waals surface area contributed by atoms with Gasteiger partial charge in [-0.25, -0.2) is 9.67 Å². The molecule has 0 fully saturated rings. The van der Waals surface area contributed by atoms with E-state index in [4.69, 9.17) is 10.8 Å². The highest BCUT2D eigenvalue weighted by molar-refractivity contribution is 14.1. The van der Waals surface area contributed by atoms with E-state index in [0.29, 0.717) is 12.1 Å². The molecule has 0 bridgehead atoms. The number of nitrogens with zero attached hydrogens (tertiary/aromatic N) is 4. The lowest BCUT2D eigenvalue weighted by Crippen LogP contribution is -2.16. The van der Waals surface area contributed by atoms with Crippen molar-refractivity contribution in [2.45, 2.75) is 26.3 Å². The molecule has 0 aliphatic rings. The summed E-state index contributed by atoms with van der Waals surface area (Å²) in [5.41, 5.74) is 9.70. The van der Waals surface area contributed by atoms with Crippen LogP contribution in [0, 0.1) is 3.57 Å². The van der Waals surface area contributed by atoms with Crippen LogP contribution in [0.5, 0.6) is 0 Å². The molecule has 2 heterocycles. The lowest BCUT2D eigenvalue weighted by atomic mass is 10.1. The number of carbonyl (C=O) groups is 1. The van der Waals surface area contributed by atoms with Crippen LogP contribution in [0.3, 0.4) is 0 Å². The fourth-order valence-corrected chi connectivity index (χ4v) is 3.69. The van der Waals surface area contributed by atoms with Gasteiger partial charge in [0.1, 0.15) is 0 Å². The zero-order valence-corrected chi connectivity index (χ0v) is 17.5. The molecule has 2 N–H and O–H groups in total. The molecular formula is C19H22IN5O. The quantitative estimate of drug-likeness (QED) is 0.590. The Hall–Kier alpha value is -2.00. The third-order valence-corrected chi connectivity index (χ3v) is 5.07. The lowest BCUT2D eigenvalue weighted by Gasteiger charge is -2.15. The monoisotopic (exact) mass is 463 g/mol. The van der Waals surface area contributed by atoms with Gasteiger partial charge in [-0.3, -0.25) is 4.79 Å². The van der Waals surface area contributed by atoms with Crippen LogP contribution in [0.1, 0.15) is 41.4 Å². The van der Waals surface area contributed by atoms with E-state index in [9.17, 15) is 4.79 Å². The summed E-state index contributed by atoms with van der Waals surface area (Å²) in [6, 6.07) is 7.48. The number of pyridine rings is 1. The molecule has 0 aliphatic carbocycles. The summed E-state index contributed by atoms with van der Waals surface area (Å²) >= 11 is 2.33. The lowest BCUT2D eigenvalue weighted by molar-refractivity contribution is 0.1000. The van der Waals surface area contributed by atoms with Crippen LogP contribution in [0.2, 0.25) is 0 Å². The number of benzene rings is 1. The van der Waals surface area contributed by atoms with Gasteiger partial charge in [-0.15, -0.1) is 0 Å². The molecule has 0 saturated heterocycles. The predicted molar refractivity (Wildman–Crippen MR) is 112 cm³/mol. The van der Waals surface area contributed by atoms with E-state index in [2.05, 4.69) is 46.3 Å². The van der Waals surface area contributed by atoms with E-state index in [1.807, 2.05) is 37.0 Å². The number of rotatable bonds is 5. The Morgan fingerprint density at radius 1 is 1.31 bits per heavy atom. The summed E-state index contributed by atoms with van der Waals surface area (Å²) < 4.78 is 3.02. The van der Waals surface area contributed by atoms with Crippen LogP contribution in [0.25, 0.3) is 16.7 Å². The standard InChI is InChI=1S/C19H22IN5O/c1-11(2)17-16-14(20)7-8-22-19(16)25(23-17)15-6-5-12(18(21)26)9-13(15)10-24(3)4/h5-9,11H,10H2,1-4H3,(H2,21,26). The molecule has 1 aromatic carbocycles. The van der Waals surface area contributed by atoms with Crippen molar-refractivity contribution in [3.05, 3.63) is 50.9 Å². The van der Waals surface area contributed by atoms with Gasteiger partial charge in [-0.05, 0) is 72.4 Å². The van der Waals surface area contributed by atoms with E-state index in [-0.39, 0.29) is 5.92 Å². The molecule has 0 spiro atoms. The highest BCUT2D eigenvalue weighted by atomic mass is 127. The van der Waals surface area contributed by atoms with Gasteiger partial charge in [0.05, 0.1) is 16.8 Å². The van der Waals surface area contributed by atoms with E-state index >= 15 is 0 Å². The number of hydrogen-bond donors (Lipinski definition) is 1. The molecule has 0 atom stereocenters. The van der Waals surface area contributed by atoms with Crippen molar-refractivity contribution < 1.29 is 4.79 Å². The molecule has 3 rings (SSSR count). The SMILES string of the molecule is CC(C)c1nn(-c2ccc(C(N)=O)cc2CN(C)C)c2nccc(I)c12. The molecule has 2 aromatic heterocycles. The largest absolute Gasteiger partial charge is 0.366 e. The topological polar surface area (TPSA) is 77.0 Å². The first-order valence-electron chi connectivity index (χ1n) is 8.40. The Morgan fingerprint density at radius 2 is 2.04 bits per heavy atom. The van der Waals surface area contributed by atoms with Crippen molar-refractivity contribution in [2.24, 2.45) is 5.73 Å². The maximum atomic E-state index is 11.6. The number of hydrogen-bond acceptors (Lipinski definition) is 4. The van der Waals surface area contributed by atoms with E-state index in [0.717, 1.165) is 31.5 Å². The third-order valence-electron chi connectivity index (χ3n) is 4.17. The fourth-order valence-electron chi connectivity index (χ4n) is 3.02. The zero-order valence-electron chi connectivity index (χ0n) is 15.3. The minimum absolute atomic E-state index is 0.277. The molecule has 3 aromatic rings. The van der Waals surface area contributed by atoms with Crippen molar-refractivity contribution in [3.8, 4) is 5.69 Å². The Bertz CT molecular complexity index is 977. The van der Waals surface area contributed by atoms with Crippen molar-refractivity contribution >= 4 is 39.5 Å². The molecule has 0 unspecified atom stereocenters. The van der Waals surface area contributed by atoms with Crippen LogP contribution < -0.4 is 5.73 Å². The smallest absolute Gasteiger partial charge is 0.248 e. The van der Waals surface area contributed by atoms with Crippen molar-refractivity contribution in [1.82, 2.24) is 19.7 Å². The minimum atomic E-state index is -0.433. The Labute approximate surface area is 166 Å². The van der Waals surface area contributed by atoms with Gasteiger partial charge >= 0.3 is 0 Å². The van der Waals surface area contributed by atoms with Crippen LogP contribution >= 0.6 is 22.6 Å². The molecule has 6 nitrogen and oxygen atoms in total. The number of aromatic nitrogens is 3. The second-order valence-electron chi connectivity index (χ2n) is 6.89. The Kier molecular flexibility index (Phi) is 5.29. The average Bonchev–Trinajstić information content (AvgIpc) is 2.95. The summed E-state index contributed by atoms with van der Waals surface area (Å²) in [5, 5.41) is 5.96. The molecular weight excluding hydrogens is 441 g/mol. The number of fused-ring (bicyclic) bond motifs is 1.